The monoisotopic (exact) mass is 862 g/mol. The molecule has 17 heteroatoms. The number of benzene rings is 3. The molecule has 1 saturated heterocycles. The number of esters is 2. The van der Waals surface area contributed by atoms with Gasteiger partial charge in [-0.2, -0.15) is 0 Å². The summed E-state index contributed by atoms with van der Waals surface area (Å²) < 4.78 is 52.4. The molecule has 4 atom stereocenters. The van der Waals surface area contributed by atoms with Crippen molar-refractivity contribution in [3.8, 4) is 0 Å². The van der Waals surface area contributed by atoms with Crippen LogP contribution < -0.4 is 5.32 Å². The highest BCUT2D eigenvalue weighted by Gasteiger charge is 2.32. The predicted octanol–water partition coefficient (Wildman–Crippen LogP) is 6.84. The van der Waals surface area contributed by atoms with Crippen LogP contribution in [0.5, 0.6) is 0 Å². The van der Waals surface area contributed by atoms with E-state index in [0.29, 0.717) is 58.2 Å². The van der Waals surface area contributed by atoms with Crippen LogP contribution in [0.4, 0.5) is 0 Å². The molecule has 6 rings (SSSR count). The summed E-state index contributed by atoms with van der Waals surface area (Å²) in [5, 5.41) is 3.91. The molecule has 3 aromatic carbocycles. The number of carbonyl (C=O) groups excluding carboxylic acids is 4. The lowest BCUT2D eigenvalue weighted by molar-refractivity contribution is -0.185. The second kappa shape index (κ2) is 18.2. The van der Waals surface area contributed by atoms with Gasteiger partial charge in [-0.3, -0.25) is 14.4 Å². The van der Waals surface area contributed by atoms with Gasteiger partial charge in [-0.15, -0.1) is 0 Å². The lowest BCUT2D eigenvalue weighted by Gasteiger charge is -2.30. The van der Waals surface area contributed by atoms with Gasteiger partial charge in [0.1, 0.15) is 17.4 Å². The van der Waals surface area contributed by atoms with Gasteiger partial charge in [0.15, 0.2) is 9.84 Å². The van der Waals surface area contributed by atoms with E-state index in [2.05, 4.69) is 5.32 Å². The molecule has 1 aromatic heterocycles. The number of carbonyl (C=O) groups is 4. The van der Waals surface area contributed by atoms with E-state index >= 15 is 0 Å². The number of hydrogen-bond acceptors (Lipinski definition) is 11. The summed E-state index contributed by atoms with van der Waals surface area (Å²) in [5.41, 5.74) is 2.67. The highest BCUT2D eigenvalue weighted by molar-refractivity contribution is 8.72. The first-order valence-corrected chi connectivity index (χ1v) is 23.3. The maximum absolute atomic E-state index is 13.9. The third kappa shape index (κ3) is 10.4. The standard InChI is InChI=1S/C39H40Cl2N2O10S3/c1-23(52-34(44)9-4-3-7-28-14-17-55(48)54-28)53-39(47)32(19-24-6-5-8-29(18-24)56(2,49)50)42-37(45)35-31(40)20-27-22-43(15-12-30(27)36(35)41)38(46)26-11-10-25-13-16-51-33(25)21-26/h5-6,8,10-11,13,16,18,20-21,23,28,32H,3-4,7,9,12,14-15,17,19,22H2,1-2H3,(H,42,45)/t23?,28-,32?,55?/m1/s1. The average Bonchev–Trinajstić information content (AvgIpc) is 3.80. The minimum absolute atomic E-state index is 0.00849. The number of furan rings is 1. The van der Waals surface area contributed by atoms with Crippen LogP contribution >= 0.6 is 34.0 Å². The number of nitrogens with zero attached hydrogens (tertiary/aromatic N) is 1. The summed E-state index contributed by atoms with van der Waals surface area (Å²) in [4.78, 5) is 55.2. The Morgan fingerprint density at radius 1 is 1.09 bits per heavy atom. The van der Waals surface area contributed by atoms with E-state index in [0.717, 1.165) is 30.9 Å². The Morgan fingerprint density at radius 3 is 2.64 bits per heavy atom. The Labute approximate surface area is 341 Å². The summed E-state index contributed by atoms with van der Waals surface area (Å²) >= 11 is 13.5. The van der Waals surface area contributed by atoms with E-state index in [-0.39, 0.29) is 45.8 Å². The number of rotatable bonds is 14. The molecule has 0 spiro atoms. The quantitative estimate of drug-likeness (QED) is 0.0462. The van der Waals surface area contributed by atoms with E-state index in [9.17, 15) is 32.1 Å². The topological polar surface area (TPSA) is 172 Å². The molecule has 2 aliphatic heterocycles. The van der Waals surface area contributed by atoms with Crippen LogP contribution in [0.1, 0.15) is 76.4 Å². The number of sulfone groups is 1. The van der Waals surface area contributed by atoms with Crippen molar-refractivity contribution >= 4 is 88.8 Å². The van der Waals surface area contributed by atoms with Gasteiger partial charge in [0.05, 0.1) is 42.8 Å². The minimum Gasteiger partial charge on any atom is -0.605 e. The molecule has 0 saturated carbocycles. The van der Waals surface area contributed by atoms with Crippen molar-refractivity contribution in [2.45, 2.75) is 80.9 Å². The zero-order valence-electron chi connectivity index (χ0n) is 30.6. The van der Waals surface area contributed by atoms with E-state index in [1.807, 2.05) is 12.1 Å². The molecule has 12 nitrogen and oxygen atoms in total. The number of ether oxygens (including phenoxy) is 2. The lowest BCUT2D eigenvalue weighted by Crippen LogP contribution is -2.45. The van der Waals surface area contributed by atoms with Gasteiger partial charge in [-0.1, -0.05) is 47.8 Å². The molecule has 0 bridgehead atoms. The fourth-order valence-corrected chi connectivity index (χ4v) is 11.7. The van der Waals surface area contributed by atoms with Crippen molar-refractivity contribution in [1.29, 1.82) is 0 Å². The van der Waals surface area contributed by atoms with Crippen molar-refractivity contribution < 1.29 is 46.0 Å². The Balaban J connectivity index is 1.14. The summed E-state index contributed by atoms with van der Waals surface area (Å²) in [6, 6.07) is 13.2. The summed E-state index contributed by atoms with van der Waals surface area (Å²) in [6.45, 7) is 1.88. The lowest BCUT2D eigenvalue weighted by atomic mass is 9.95. The van der Waals surface area contributed by atoms with Gasteiger partial charge in [-0.05, 0) is 72.4 Å². The summed E-state index contributed by atoms with van der Waals surface area (Å²) in [6.07, 6.45) is 4.60. The Hall–Kier alpha value is -3.73. The first-order valence-electron chi connectivity index (χ1n) is 18.0. The Morgan fingerprint density at radius 2 is 1.89 bits per heavy atom. The molecule has 2 amide bonds. The van der Waals surface area contributed by atoms with Crippen LogP contribution in [0.2, 0.25) is 10.0 Å². The Kier molecular flexibility index (Phi) is 13.6. The molecule has 3 unspecified atom stereocenters. The van der Waals surface area contributed by atoms with Crippen molar-refractivity contribution in [3.63, 3.8) is 0 Å². The summed E-state index contributed by atoms with van der Waals surface area (Å²) in [5.74, 6) is -1.82. The van der Waals surface area contributed by atoms with Crippen molar-refractivity contribution in [2.75, 3.05) is 18.6 Å². The average molecular weight is 864 g/mol. The number of amides is 2. The molecular weight excluding hydrogens is 824 g/mol. The van der Waals surface area contributed by atoms with Crippen LogP contribution in [0, 0.1) is 0 Å². The second-order valence-corrected chi connectivity index (χ2v) is 20.1. The van der Waals surface area contributed by atoms with Crippen LogP contribution in [0.15, 0.2) is 70.2 Å². The molecule has 3 heterocycles. The van der Waals surface area contributed by atoms with Gasteiger partial charge < -0.3 is 28.7 Å². The maximum atomic E-state index is 13.9. The molecule has 298 valence electrons. The fourth-order valence-electron chi connectivity index (χ4n) is 6.69. The first kappa shape index (κ1) is 41.9. The number of fused-ring (bicyclic) bond motifs is 2. The highest BCUT2D eigenvalue weighted by Crippen LogP contribution is 2.36. The predicted molar refractivity (Wildman–Crippen MR) is 215 cm³/mol. The number of nitrogens with one attached hydrogen (secondary N) is 1. The van der Waals surface area contributed by atoms with E-state index < -0.39 is 50.2 Å². The second-order valence-electron chi connectivity index (χ2n) is 13.7. The minimum atomic E-state index is -3.59. The third-order valence-corrected chi connectivity index (χ3v) is 14.9. The maximum Gasteiger partial charge on any atom is 0.332 e. The highest BCUT2D eigenvalue weighted by atomic mass is 35.5. The fraction of sp³-hybridized carbons (Fsp3) is 0.385. The van der Waals surface area contributed by atoms with Gasteiger partial charge in [0, 0.05) is 66.7 Å². The van der Waals surface area contributed by atoms with E-state index in [1.54, 1.807) is 35.4 Å². The first-order chi connectivity index (χ1) is 26.7. The van der Waals surface area contributed by atoms with E-state index in [4.69, 9.17) is 37.1 Å². The van der Waals surface area contributed by atoms with Crippen molar-refractivity contribution in [1.82, 2.24) is 10.2 Å². The molecule has 0 aliphatic carbocycles. The van der Waals surface area contributed by atoms with E-state index in [1.165, 1.54) is 35.9 Å². The van der Waals surface area contributed by atoms with Crippen LogP contribution in [-0.4, -0.2) is 77.8 Å². The number of halogens is 2. The molecule has 4 aromatic rings. The molecular formula is C39H40Cl2N2O10S3. The molecule has 2 aliphatic rings. The smallest absolute Gasteiger partial charge is 0.332 e. The molecule has 1 fully saturated rings. The summed E-state index contributed by atoms with van der Waals surface area (Å²) in [7, 11) is -2.96. The SMILES string of the molecule is CC(OC(=O)CCCC[C@@H]1CC[S+]([O-])S1)OC(=O)C(Cc1cccc(S(C)(=O)=O)c1)NC(=O)c1c(Cl)cc2c(c1Cl)CCN(C(=O)c1ccc3ccoc3c1)C2. The van der Waals surface area contributed by atoms with Crippen molar-refractivity contribution in [3.05, 3.63) is 98.7 Å². The molecule has 56 heavy (non-hydrogen) atoms. The third-order valence-electron chi connectivity index (χ3n) is 9.56. The number of unbranched alkanes of at least 4 members (excludes halogenated alkanes) is 1. The molecule has 1 N–H and O–H groups in total. The van der Waals surface area contributed by atoms with Crippen LogP contribution in [0.25, 0.3) is 11.0 Å². The van der Waals surface area contributed by atoms with Gasteiger partial charge in [0.25, 0.3) is 11.8 Å². The van der Waals surface area contributed by atoms with Crippen LogP contribution in [0.3, 0.4) is 0 Å². The van der Waals surface area contributed by atoms with Crippen LogP contribution in [-0.2, 0) is 58.5 Å². The zero-order valence-corrected chi connectivity index (χ0v) is 34.5. The number of hydrogen-bond donors (Lipinski definition) is 1. The normalized spacial score (nSPS) is 17.9. The zero-order chi connectivity index (χ0) is 40.1. The van der Waals surface area contributed by atoms with Gasteiger partial charge >= 0.3 is 11.9 Å². The van der Waals surface area contributed by atoms with Gasteiger partial charge in [-0.25, -0.2) is 13.2 Å². The largest absolute Gasteiger partial charge is 0.605 e. The Bertz CT molecular complexity index is 2250. The van der Waals surface area contributed by atoms with Crippen molar-refractivity contribution in [2.24, 2.45) is 0 Å². The molecule has 0 radical (unpaired) electrons. The van der Waals surface area contributed by atoms with Gasteiger partial charge in [0.2, 0.25) is 6.29 Å².